The van der Waals surface area contributed by atoms with E-state index in [-0.39, 0.29) is 41.6 Å². The highest BCUT2D eigenvalue weighted by Crippen LogP contribution is 2.36. The van der Waals surface area contributed by atoms with Crippen molar-refractivity contribution in [3.05, 3.63) is 29.3 Å². The molecule has 2 rings (SSSR count). The van der Waals surface area contributed by atoms with E-state index in [0.29, 0.717) is 0 Å². The molecule has 1 saturated heterocycles. The molecule has 1 aliphatic rings. The third kappa shape index (κ3) is 3.88. The van der Waals surface area contributed by atoms with Crippen LogP contribution in [0.1, 0.15) is 24.0 Å². The Morgan fingerprint density at radius 1 is 1.24 bits per heavy atom. The Bertz CT molecular complexity index is 664. The summed E-state index contributed by atoms with van der Waals surface area (Å²) in [4.78, 5) is 0. The summed E-state index contributed by atoms with van der Waals surface area (Å²) < 4.78 is 61.6. The molecular formula is C13H13F3N2O2S. The number of hydrogen-bond donors (Lipinski definition) is 1. The Hall–Kier alpha value is -1.75. The molecule has 1 aromatic rings. The number of nitrogens with one attached hydrogen (secondary N) is 1. The lowest BCUT2D eigenvalue weighted by atomic mass is 10.1. The normalized spacial score (nSPS) is 19.0. The first-order chi connectivity index (χ1) is 9.71. The van der Waals surface area contributed by atoms with Gasteiger partial charge < -0.3 is 5.32 Å². The fourth-order valence-electron chi connectivity index (χ4n) is 2.23. The van der Waals surface area contributed by atoms with Crippen molar-refractivity contribution < 1.29 is 21.6 Å². The highest BCUT2D eigenvalue weighted by Gasteiger charge is 2.35. The number of anilines is 1. The van der Waals surface area contributed by atoms with Crippen molar-refractivity contribution in [2.45, 2.75) is 25.1 Å². The molecule has 1 heterocycles. The van der Waals surface area contributed by atoms with E-state index >= 15 is 0 Å². The van der Waals surface area contributed by atoms with Crippen LogP contribution < -0.4 is 5.32 Å². The smallest absolute Gasteiger partial charge is 0.382 e. The highest BCUT2D eigenvalue weighted by atomic mass is 32.2. The number of benzene rings is 1. The maximum absolute atomic E-state index is 13.0. The van der Waals surface area contributed by atoms with E-state index in [2.05, 4.69) is 5.32 Å². The Morgan fingerprint density at radius 2 is 1.86 bits per heavy atom. The van der Waals surface area contributed by atoms with Crippen molar-refractivity contribution >= 4 is 15.5 Å². The maximum Gasteiger partial charge on any atom is 0.418 e. The average Bonchev–Trinajstić information content (AvgIpc) is 2.40. The van der Waals surface area contributed by atoms with Crippen LogP contribution in [0.15, 0.2) is 18.2 Å². The van der Waals surface area contributed by atoms with Gasteiger partial charge in [0.05, 0.1) is 28.7 Å². The van der Waals surface area contributed by atoms with E-state index in [0.717, 1.165) is 6.07 Å². The van der Waals surface area contributed by atoms with Gasteiger partial charge in [0.2, 0.25) is 0 Å². The third-order valence-corrected chi connectivity index (χ3v) is 5.08. The fraction of sp³-hybridized carbons (Fsp3) is 0.462. The second-order valence-corrected chi connectivity index (χ2v) is 7.24. The number of alkyl halides is 3. The van der Waals surface area contributed by atoms with Crippen molar-refractivity contribution in [2.75, 3.05) is 16.8 Å². The Morgan fingerprint density at radius 3 is 2.38 bits per heavy atom. The van der Waals surface area contributed by atoms with Crippen LogP contribution in [0.5, 0.6) is 0 Å². The molecule has 1 N–H and O–H groups in total. The lowest BCUT2D eigenvalue weighted by molar-refractivity contribution is -0.137. The second kappa shape index (κ2) is 5.56. The van der Waals surface area contributed by atoms with Crippen molar-refractivity contribution in [2.24, 2.45) is 0 Å². The van der Waals surface area contributed by atoms with Crippen LogP contribution in [0.25, 0.3) is 0 Å². The first-order valence-corrected chi connectivity index (χ1v) is 8.12. The molecule has 0 saturated carbocycles. The van der Waals surface area contributed by atoms with Gasteiger partial charge in [-0.25, -0.2) is 8.42 Å². The SMILES string of the molecule is N#Cc1ccc(NC2CCS(=O)(=O)CC2)c(C(F)(F)F)c1. The summed E-state index contributed by atoms with van der Waals surface area (Å²) in [5.74, 6) is -0.0510. The number of nitriles is 1. The van der Waals surface area contributed by atoms with Crippen LogP contribution in [0.4, 0.5) is 18.9 Å². The predicted octanol–water partition coefficient (Wildman–Crippen LogP) is 2.57. The number of rotatable bonds is 2. The molecule has 0 radical (unpaired) electrons. The van der Waals surface area contributed by atoms with Gasteiger partial charge in [-0.1, -0.05) is 0 Å². The van der Waals surface area contributed by atoms with Crippen LogP contribution in [0, 0.1) is 11.3 Å². The molecule has 0 spiro atoms. The minimum atomic E-state index is -4.57. The zero-order valence-electron chi connectivity index (χ0n) is 10.9. The van der Waals surface area contributed by atoms with Crippen LogP contribution in [0.2, 0.25) is 0 Å². The van der Waals surface area contributed by atoms with E-state index in [1.54, 1.807) is 6.07 Å². The monoisotopic (exact) mass is 318 g/mol. The molecule has 1 fully saturated rings. The summed E-state index contributed by atoms with van der Waals surface area (Å²) >= 11 is 0. The van der Waals surface area contributed by atoms with Gasteiger partial charge in [0, 0.05) is 11.7 Å². The molecule has 4 nitrogen and oxygen atoms in total. The highest BCUT2D eigenvalue weighted by molar-refractivity contribution is 7.91. The predicted molar refractivity (Wildman–Crippen MR) is 71.5 cm³/mol. The fourth-order valence-corrected chi connectivity index (χ4v) is 3.72. The number of sulfone groups is 1. The van der Waals surface area contributed by atoms with E-state index in [1.807, 2.05) is 0 Å². The number of halogens is 3. The lowest BCUT2D eigenvalue weighted by Crippen LogP contribution is -2.32. The molecule has 0 bridgehead atoms. The molecule has 0 aliphatic carbocycles. The van der Waals surface area contributed by atoms with Crippen LogP contribution in [-0.4, -0.2) is 26.0 Å². The molecule has 114 valence electrons. The molecular weight excluding hydrogens is 305 g/mol. The van der Waals surface area contributed by atoms with Gasteiger partial charge in [0.1, 0.15) is 9.84 Å². The van der Waals surface area contributed by atoms with E-state index < -0.39 is 21.6 Å². The standard InChI is InChI=1S/C13H13F3N2O2S/c14-13(15,16)11-7-9(8-17)1-2-12(11)18-10-3-5-21(19,20)6-4-10/h1-2,7,10,18H,3-6H2. The van der Waals surface area contributed by atoms with Crippen LogP contribution in [-0.2, 0) is 16.0 Å². The Labute approximate surface area is 120 Å². The Balaban J connectivity index is 2.23. The van der Waals surface area contributed by atoms with Crippen molar-refractivity contribution in [1.82, 2.24) is 0 Å². The van der Waals surface area contributed by atoms with E-state index in [1.165, 1.54) is 12.1 Å². The summed E-state index contributed by atoms with van der Waals surface area (Å²) in [5, 5.41) is 11.4. The van der Waals surface area contributed by atoms with Gasteiger partial charge in [-0.2, -0.15) is 18.4 Å². The molecule has 21 heavy (non-hydrogen) atoms. The van der Waals surface area contributed by atoms with Crippen LogP contribution >= 0.6 is 0 Å². The minimum absolute atomic E-state index is 0.0255. The quantitative estimate of drug-likeness (QED) is 0.910. The largest absolute Gasteiger partial charge is 0.418 e. The molecule has 0 unspecified atom stereocenters. The molecule has 0 amide bonds. The van der Waals surface area contributed by atoms with Gasteiger partial charge in [-0.05, 0) is 31.0 Å². The molecule has 0 aromatic heterocycles. The second-order valence-electron chi connectivity index (χ2n) is 4.94. The summed E-state index contributed by atoms with van der Waals surface area (Å²) in [5.41, 5.74) is -1.10. The lowest BCUT2D eigenvalue weighted by Gasteiger charge is -2.25. The van der Waals surface area contributed by atoms with Crippen LogP contribution in [0.3, 0.4) is 0 Å². The van der Waals surface area contributed by atoms with Gasteiger partial charge in [0.25, 0.3) is 0 Å². The molecule has 8 heteroatoms. The van der Waals surface area contributed by atoms with Crippen molar-refractivity contribution in [1.29, 1.82) is 5.26 Å². The van der Waals surface area contributed by atoms with Gasteiger partial charge >= 0.3 is 6.18 Å². The Kier molecular flexibility index (Phi) is 4.14. The minimum Gasteiger partial charge on any atom is -0.382 e. The molecule has 0 atom stereocenters. The van der Waals surface area contributed by atoms with Gasteiger partial charge in [-0.15, -0.1) is 0 Å². The first-order valence-electron chi connectivity index (χ1n) is 6.29. The number of hydrogen-bond acceptors (Lipinski definition) is 4. The average molecular weight is 318 g/mol. The zero-order chi connectivity index (χ0) is 15.7. The summed E-state index contributed by atoms with van der Waals surface area (Å²) in [6.07, 6.45) is -4.02. The molecule has 1 aromatic carbocycles. The van der Waals surface area contributed by atoms with E-state index in [4.69, 9.17) is 5.26 Å². The summed E-state index contributed by atoms with van der Waals surface area (Å²) in [7, 11) is -3.06. The van der Waals surface area contributed by atoms with Gasteiger partial charge in [-0.3, -0.25) is 0 Å². The molecule has 1 aliphatic heterocycles. The summed E-state index contributed by atoms with van der Waals surface area (Å²) in [6.45, 7) is 0. The third-order valence-electron chi connectivity index (χ3n) is 3.37. The van der Waals surface area contributed by atoms with Crippen molar-refractivity contribution in [3.8, 4) is 6.07 Å². The zero-order valence-corrected chi connectivity index (χ0v) is 11.8. The first kappa shape index (κ1) is 15.6. The van der Waals surface area contributed by atoms with E-state index in [9.17, 15) is 21.6 Å². The topological polar surface area (TPSA) is 70.0 Å². The number of nitrogens with zero attached hydrogens (tertiary/aromatic N) is 1. The van der Waals surface area contributed by atoms with Gasteiger partial charge in [0.15, 0.2) is 0 Å². The van der Waals surface area contributed by atoms with Crippen molar-refractivity contribution in [3.63, 3.8) is 0 Å². The maximum atomic E-state index is 13.0. The summed E-state index contributed by atoms with van der Waals surface area (Å²) in [6, 6.07) is 4.67.